The van der Waals surface area contributed by atoms with Crippen LogP contribution in [0.25, 0.3) is 45.8 Å². The Morgan fingerprint density at radius 2 is 0.905 bits per heavy atom. The molecule has 1 aliphatic carbocycles. The lowest BCUT2D eigenvalue weighted by molar-refractivity contribution is 0.300. The van der Waals surface area contributed by atoms with Crippen LogP contribution in [0.3, 0.4) is 0 Å². The van der Waals surface area contributed by atoms with Crippen molar-refractivity contribution in [2.45, 2.75) is 76.7 Å². The van der Waals surface area contributed by atoms with Crippen molar-refractivity contribution in [3.05, 3.63) is 275 Å². The largest absolute Gasteiger partial charge is 0.489 e. The number of benzene rings is 9. The second-order valence-electron chi connectivity index (χ2n) is 19.8. The summed E-state index contributed by atoms with van der Waals surface area (Å²) < 4.78 is 20.2. The SMILES string of the molecule is C=Cc1ccc(CNc2ccc3cc(OCc4ccc(C=C)cc4)ccc3c2C(C)(c2ccc(C3CCCCC3)cc2)c2c(OCc3ccc(C=C)cc3)ccc3cc(OCc4ccc(C=C)cc4)ccc23)cc1. The van der Waals surface area contributed by atoms with Gasteiger partial charge in [0.25, 0.3) is 0 Å². The molecule has 0 amide bonds. The first kappa shape index (κ1) is 49.2. The maximum Gasteiger partial charge on any atom is 0.124 e. The van der Waals surface area contributed by atoms with E-state index in [2.05, 4.69) is 221 Å². The summed E-state index contributed by atoms with van der Waals surface area (Å²) in [6.07, 6.45) is 13.8. The van der Waals surface area contributed by atoms with E-state index in [-0.39, 0.29) is 0 Å². The summed E-state index contributed by atoms with van der Waals surface area (Å²) in [7, 11) is 0. The monoisotopic (exact) mass is 967 g/mol. The molecule has 1 atom stereocenters. The normalized spacial score (nSPS) is 13.4. The third-order valence-corrected chi connectivity index (χ3v) is 15.1. The quantitative estimate of drug-likeness (QED) is 0.0773. The molecule has 10 rings (SSSR count). The van der Waals surface area contributed by atoms with Gasteiger partial charge in [0.15, 0.2) is 0 Å². The van der Waals surface area contributed by atoms with E-state index in [0.29, 0.717) is 32.3 Å². The van der Waals surface area contributed by atoms with Crippen LogP contribution >= 0.6 is 0 Å². The van der Waals surface area contributed by atoms with Crippen LogP contribution in [0.2, 0.25) is 0 Å². The van der Waals surface area contributed by atoms with Crippen molar-refractivity contribution in [2.24, 2.45) is 0 Å². The molecule has 1 unspecified atom stereocenters. The average molecular weight is 968 g/mol. The number of rotatable bonds is 20. The van der Waals surface area contributed by atoms with Crippen molar-refractivity contribution >= 4 is 51.5 Å². The summed E-state index contributed by atoms with van der Waals surface area (Å²) in [4.78, 5) is 0. The van der Waals surface area contributed by atoms with E-state index in [0.717, 1.165) is 94.6 Å². The van der Waals surface area contributed by atoms with E-state index in [9.17, 15) is 0 Å². The molecule has 9 aromatic carbocycles. The van der Waals surface area contributed by atoms with E-state index in [1.807, 2.05) is 24.3 Å². The Kier molecular flexibility index (Phi) is 15.0. The summed E-state index contributed by atoms with van der Waals surface area (Å²) in [6.45, 7) is 20.1. The topological polar surface area (TPSA) is 39.7 Å². The predicted molar refractivity (Wildman–Crippen MR) is 312 cm³/mol. The van der Waals surface area contributed by atoms with Crippen LogP contribution in [0.15, 0.2) is 208 Å². The van der Waals surface area contributed by atoms with Crippen LogP contribution in [0.5, 0.6) is 17.2 Å². The molecule has 0 heterocycles. The highest BCUT2D eigenvalue weighted by Gasteiger charge is 2.39. The van der Waals surface area contributed by atoms with Gasteiger partial charge >= 0.3 is 0 Å². The molecular formula is C70H65NO3. The molecule has 1 fully saturated rings. The molecule has 0 aromatic heterocycles. The number of anilines is 1. The zero-order chi connectivity index (χ0) is 50.9. The van der Waals surface area contributed by atoms with Crippen molar-refractivity contribution < 1.29 is 14.2 Å². The van der Waals surface area contributed by atoms with E-state index >= 15 is 0 Å². The van der Waals surface area contributed by atoms with Crippen LogP contribution in [0.1, 0.15) is 112 Å². The highest BCUT2D eigenvalue weighted by Crippen LogP contribution is 2.52. The Labute approximate surface area is 438 Å². The van der Waals surface area contributed by atoms with E-state index in [1.54, 1.807) is 0 Å². The molecule has 9 aromatic rings. The Bertz CT molecular complexity index is 3220. The van der Waals surface area contributed by atoms with Gasteiger partial charge in [0.1, 0.15) is 37.1 Å². The molecule has 0 saturated heterocycles. The summed E-state index contributed by atoms with van der Waals surface area (Å²) >= 11 is 0. The van der Waals surface area contributed by atoms with Gasteiger partial charge in [-0.05, 0) is 145 Å². The molecule has 0 spiro atoms. The predicted octanol–water partition coefficient (Wildman–Crippen LogP) is 18.3. The molecule has 0 radical (unpaired) electrons. The molecule has 368 valence electrons. The van der Waals surface area contributed by atoms with Gasteiger partial charge in [0.2, 0.25) is 0 Å². The Morgan fingerprint density at radius 3 is 1.39 bits per heavy atom. The lowest BCUT2D eigenvalue weighted by Crippen LogP contribution is -2.28. The minimum Gasteiger partial charge on any atom is -0.489 e. The molecule has 0 aliphatic heterocycles. The zero-order valence-electron chi connectivity index (χ0n) is 42.6. The number of fused-ring (bicyclic) bond motifs is 2. The fourth-order valence-electron chi connectivity index (χ4n) is 10.7. The summed E-state index contributed by atoms with van der Waals surface area (Å²) in [6, 6.07) is 65.2. The van der Waals surface area contributed by atoms with Crippen LogP contribution in [-0.4, -0.2) is 0 Å². The second-order valence-corrected chi connectivity index (χ2v) is 19.8. The van der Waals surface area contributed by atoms with Gasteiger partial charge in [-0.2, -0.15) is 0 Å². The van der Waals surface area contributed by atoms with Crippen molar-refractivity contribution in [2.75, 3.05) is 5.32 Å². The standard InChI is InChI=1S/C70H65NO3/c1-6-49-15-23-53(24-16-49)45-71-66-41-33-59-43-62(72-46-54-25-17-50(7-2)18-26-54)37-39-64(59)68(66)70(5,61-35-31-58(32-36-61)57-13-11-10-12-14-57)69-65-40-38-63(73-47-55-27-19-51(8-3)20-28-55)44-60(65)34-42-67(69)74-48-56-29-21-52(9-4)22-30-56/h6-9,15-44,57,71H,1-4,10-14,45-48H2,5H3. The van der Waals surface area contributed by atoms with Crippen molar-refractivity contribution in [1.29, 1.82) is 0 Å². The molecule has 1 aliphatic rings. The fourth-order valence-corrected chi connectivity index (χ4v) is 10.7. The Morgan fingerprint density at radius 1 is 0.459 bits per heavy atom. The smallest absolute Gasteiger partial charge is 0.124 e. The minimum atomic E-state index is -0.800. The van der Waals surface area contributed by atoms with Crippen molar-refractivity contribution in [3.8, 4) is 17.2 Å². The number of ether oxygens (including phenoxy) is 3. The molecule has 74 heavy (non-hydrogen) atoms. The molecular weight excluding hydrogens is 903 g/mol. The first-order chi connectivity index (χ1) is 36.3. The van der Waals surface area contributed by atoms with Crippen LogP contribution < -0.4 is 19.5 Å². The minimum absolute atomic E-state index is 0.386. The lowest BCUT2D eigenvalue weighted by Gasteiger charge is -2.37. The van der Waals surface area contributed by atoms with E-state index < -0.39 is 5.41 Å². The molecule has 0 bridgehead atoms. The Balaban J connectivity index is 1.16. The van der Waals surface area contributed by atoms with Crippen LogP contribution in [0, 0.1) is 0 Å². The van der Waals surface area contributed by atoms with Gasteiger partial charge in [-0.15, -0.1) is 0 Å². The van der Waals surface area contributed by atoms with Crippen LogP contribution in [0.4, 0.5) is 5.69 Å². The second kappa shape index (κ2) is 22.6. The summed E-state index contributed by atoms with van der Waals surface area (Å²) in [5.41, 5.74) is 13.8. The third-order valence-electron chi connectivity index (χ3n) is 15.1. The van der Waals surface area contributed by atoms with Gasteiger partial charge < -0.3 is 19.5 Å². The van der Waals surface area contributed by atoms with Gasteiger partial charge in [-0.25, -0.2) is 0 Å². The third kappa shape index (κ3) is 10.9. The number of nitrogens with one attached hydrogen (secondary N) is 1. The number of hydrogen-bond donors (Lipinski definition) is 1. The average Bonchev–Trinajstić information content (AvgIpc) is 3.49. The first-order valence-electron chi connectivity index (χ1n) is 26.0. The zero-order valence-corrected chi connectivity index (χ0v) is 42.6. The Hall–Kier alpha value is -8.34. The first-order valence-corrected chi connectivity index (χ1v) is 26.0. The highest BCUT2D eigenvalue weighted by atomic mass is 16.5. The molecule has 1 saturated carbocycles. The van der Waals surface area contributed by atoms with E-state index in [1.165, 1.54) is 48.8 Å². The lowest BCUT2D eigenvalue weighted by atomic mass is 9.67. The van der Waals surface area contributed by atoms with Gasteiger partial charge in [0, 0.05) is 23.2 Å². The fraction of sp³-hybridized carbons (Fsp3) is 0.171. The van der Waals surface area contributed by atoms with Crippen LogP contribution in [-0.2, 0) is 31.8 Å². The number of hydrogen-bond acceptors (Lipinski definition) is 4. The highest BCUT2D eigenvalue weighted by molar-refractivity contribution is 5.97. The van der Waals surface area contributed by atoms with Gasteiger partial charge in [-0.3, -0.25) is 0 Å². The molecule has 4 nitrogen and oxygen atoms in total. The van der Waals surface area contributed by atoms with Crippen molar-refractivity contribution in [3.63, 3.8) is 0 Å². The molecule has 1 N–H and O–H groups in total. The van der Waals surface area contributed by atoms with E-state index in [4.69, 9.17) is 14.2 Å². The maximum atomic E-state index is 7.16. The van der Waals surface area contributed by atoms with Gasteiger partial charge in [0.05, 0.1) is 0 Å². The van der Waals surface area contributed by atoms with Gasteiger partial charge in [-0.1, -0.05) is 215 Å². The molecule has 4 heteroatoms. The summed E-state index contributed by atoms with van der Waals surface area (Å²) in [5.74, 6) is 2.97. The summed E-state index contributed by atoms with van der Waals surface area (Å²) in [5, 5.41) is 8.31. The maximum absolute atomic E-state index is 7.16. The van der Waals surface area contributed by atoms with Crippen molar-refractivity contribution in [1.82, 2.24) is 0 Å².